The molecule has 0 aromatic heterocycles. The van der Waals surface area contributed by atoms with Gasteiger partial charge in [-0.2, -0.15) is 0 Å². The zero-order valence-corrected chi connectivity index (χ0v) is 13.2. The summed E-state index contributed by atoms with van der Waals surface area (Å²) >= 11 is 1.45. The van der Waals surface area contributed by atoms with Crippen molar-refractivity contribution < 1.29 is 9.59 Å². The lowest BCUT2D eigenvalue weighted by Gasteiger charge is -2.09. The van der Waals surface area contributed by atoms with E-state index in [1.54, 1.807) is 18.2 Å². The summed E-state index contributed by atoms with van der Waals surface area (Å²) in [6.45, 7) is 1.84. The number of nitrogens with one attached hydrogen (secondary N) is 2. The number of rotatable bonds is 3. The van der Waals surface area contributed by atoms with Crippen molar-refractivity contribution in [2.24, 2.45) is 0 Å². The van der Waals surface area contributed by atoms with E-state index in [0.29, 0.717) is 11.1 Å². The quantitative estimate of drug-likeness (QED) is 0.675. The van der Waals surface area contributed by atoms with Crippen molar-refractivity contribution in [3.8, 4) is 0 Å². The molecule has 2 aromatic carbocycles. The minimum absolute atomic E-state index is 0.0902. The van der Waals surface area contributed by atoms with E-state index in [2.05, 4.69) is 10.5 Å². The van der Waals surface area contributed by atoms with Gasteiger partial charge in [-0.3, -0.25) is 9.59 Å². The van der Waals surface area contributed by atoms with Gasteiger partial charge in [0, 0.05) is 20.9 Å². The van der Waals surface area contributed by atoms with Gasteiger partial charge in [0.1, 0.15) is 0 Å². The first-order valence-electron chi connectivity index (χ1n) is 7.04. The Labute approximate surface area is 139 Å². The van der Waals surface area contributed by atoms with E-state index >= 15 is 0 Å². The molecule has 1 aliphatic rings. The molecule has 0 atom stereocenters. The average molecular weight is 320 g/mol. The maximum absolute atomic E-state index is 11.9. The van der Waals surface area contributed by atoms with Gasteiger partial charge in [0.2, 0.25) is 13.9 Å². The number of amides is 2. The number of hydrogen-bond donors (Lipinski definition) is 2. The number of hydrogen-bond acceptors (Lipinski definition) is 3. The van der Waals surface area contributed by atoms with Gasteiger partial charge in [-0.25, -0.2) is 0 Å². The molecule has 0 saturated carbocycles. The molecule has 4 nitrogen and oxygen atoms in total. The predicted octanol–water partition coefficient (Wildman–Crippen LogP) is 3.01. The minimum atomic E-state index is -0.334. The van der Waals surface area contributed by atoms with Crippen LogP contribution in [0, 0.1) is 0 Å². The molecular formula is C17H13BN2O2S. The van der Waals surface area contributed by atoms with Crippen LogP contribution in [0.4, 0.5) is 5.69 Å². The number of benzene rings is 2. The normalized spacial score (nSPS) is 14.5. The van der Waals surface area contributed by atoms with Gasteiger partial charge in [0.25, 0.3) is 5.91 Å². The third kappa shape index (κ3) is 2.90. The Kier molecular flexibility index (Phi) is 4.25. The number of fused-ring (bicyclic) bond motifs is 1. The van der Waals surface area contributed by atoms with Gasteiger partial charge < -0.3 is 10.5 Å². The molecular weight excluding hydrogens is 307 g/mol. The van der Waals surface area contributed by atoms with Crippen molar-refractivity contribution in [2.75, 3.05) is 5.32 Å². The maximum Gasteiger partial charge on any atom is 0.256 e. The third-order valence-electron chi connectivity index (χ3n) is 3.55. The lowest BCUT2D eigenvalue weighted by Crippen LogP contribution is -2.20. The van der Waals surface area contributed by atoms with Crippen LogP contribution in [0.3, 0.4) is 0 Å². The van der Waals surface area contributed by atoms with Crippen LogP contribution in [0.15, 0.2) is 58.3 Å². The van der Waals surface area contributed by atoms with Crippen LogP contribution in [-0.2, 0) is 4.79 Å². The first-order chi connectivity index (χ1) is 11.1. The molecule has 0 fully saturated rings. The number of carbonyl (C=O) groups is 2. The molecule has 2 amide bonds. The fraction of sp³-hybridized carbons (Fsp3) is 0.0588. The largest absolute Gasteiger partial charge is 0.405 e. The summed E-state index contributed by atoms with van der Waals surface area (Å²) in [5.41, 5.74) is 2.88. The highest BCUT2D eigenvalue weighted by atomic mass is 32.2. The summed E-state index contributed by atoms with van der Waals surface area (Å²) in [6.07, 6.45) is 1.80. The molecule has 2 N–H and O–H groups in total. The van der Waals surface area contributed by atoms with Crippen molar-refractivity contribution in [3.63, 3.8) is 0 Å². The van der Waals surface area contributed by atoms with Crippen LogP contribution in [0.25, 0.3) is 5.57 Å². The molecule has 6 heteroatoms. The molecule has 0 unspecified atom stereocenters. The molecule has 112 valence electrons. The fourth-order valence-electron chi connectivity index (χ4n) is 2.47. The Bertz CT molecular complexity index is 833. The van der Waals surface area contributed by atoms with Crippen molar-refractivity contribution in [1.29, 1.82) is 0 Å². The van der Waals surface area contributed by atoms with Crippen molar-refractivity contribution in [1.82, 2.24) is 5.23 Å². The first kappa shape index (κ1) is 15.4. The van der Waals surface area contributed by atoms with Gasteiger partial charge in [0.15, 0.2) is 0 Å². The summed E-state index contributed by atoms with van der Waals surface area (Å²) in [7, 11) is 5.22. The van der Waals surface area contributed by atoms with Crippen molar-refractivity contribution >= 4 is 42.8 Å². The molecule has 0 aliphatic carbocycles. The van der Waals surface area contributed by atoms with E-state index in [9.17, 15) is 9.59 Å². The van der Waals surface area contributed by atoms with Crippen LogP contribution in [-0.4, -0.2) is 19.8 Å². The van der Waals surface area contributed by atoms with Gasteiger partial charge in [0.05, 0.1) is 11.3 Å². The monoisotopic (exact) mass is 320 g/mol. The number of allylic oxidation sites excluding steroid dienone is 1. The van der Waals surface area contributed by atoms with E-state index in [4.69, 9.17) is 7.98 Å². The average Bonchev–Trinajstić information content (AvgIpc) is 2.88. The number of carbonyl (C=O) groups excluding carboxylic acids is 2. The second-order valence-electron chi connectivity index (χ2n) is 4.94. The van der Waals surface area contributed by atoms with E-state index in [0.717, 1.165) is 21.0 Å². The molecule has 2 aromatic rings. The molecule has 0 spiro atoms. The topological polar surface area (TPSA) is 58.2 Å². The standard InChI is InChI=1S/C17H13BN2O2S/c1-2-11-12-8-7-10(9-14(12)19-16(11)21)23-15-6-4-3-5-13(15)17(22)20-18/h2-9H,1H3,(H,19,21)(H,20,22)/b11-2-. The summed E-state index contributed by atoms with van der Waals surface area (Å²) in [5, 5.41) is 5.00. The lowest BCUT2D eigenvalue weighted by atomic mass is 10.1. The molecule has 3 rings (SSSR count). The Balaban J connectivity index is 1.93. The van der Waals surface area contributed by atoms with Gasteiger partial charge in [-0.05, 0) is 31.2 Å². The first-order valence-corrected chi connectivity index (χ1v) is 7.85. The summed E-state index contributed by atoms with van der Waals surface area (Å²) < 4.78 is 0. The maximum atomic E-state index is 11.9. The fourth-order valence-corrected chi connectivity index (χ4v) is 3.46. The van der Waals surface area contributed by atoms with Gasteiger partial charge >= 0.3 is 0 Å². The summed E-state index contributed by atoms with van der Waals surface area (Å²) in [6, 6.07) is 13.0. The third-order valence-corrected chi connectivity index (χ3v) is 4.62. The van der Waals surface area contributed by atoms with Gasteiger partial charge in [-0.1, -0.05) is 36.0 Å². The second kappa shape index (κ2) is 6.34. The molecule has 2 radical (unpaired) electrons. The zero-order valence-electron chi connectivity index (χ0n) is 12.4. The second-order valence-corrected chi connectivity index (χ2v) is 6.05. The highest BCUT2D eigenvalue weighted by molar-refractivity contribution is 7.99. The van der Waals surface area contributed by atoms with Crippen LogP contribution >= 0.6 is 11.8 Å². The highest BCUT2D eigenvalue weighted by Gasteiger charge is 2.23. The van der Waals surface area contributed by atoms with E-state index in [1.807, 2.05) is 37.3 Å². The van der Waals surface area contributed by atoms with Gasteiger partial charge in [-0.15, -0.1) is 0 Å². The molecule has 1 heterocycles. The molecule has 1 aliphatic heterocycles. The minimum Gasteiger partial charge on any atom is -0.405 e. The Hall–Kier alpha value is -2.47. The molecule has 0 saturated heterocycles. The van der Waals surface area contributed by atoms with Crippen molar-refractivity contribution in [2.45, 2.75) is 16.7 Å². The van der Waals surface area contributed by atoms with E-state index in [-0.39, 0.29) is 11.8 Å². The smallest absolute Gasteiger partial charge is 0.256 e. The van der Waals surface area contributed by atoms with Crippen LogP contribution in [0.2, 0.25) is 0 Å². The number of anilines is 1. The predicted molar refractivity (Wildman–Crippen MR) is 92.5 cm³/mol. The van der Waals surface area contributed by atoms with Crippen molar-refractivity contribution in [3.05, 3.63) is 59.7 Å². The highest BCUT2D eigenvalue weighted by Crippen LogP contribution is 2.37. The Morgan fingerprint density at radius 2 is 2.04 bits per heavy atom. The molecule has 0 bridgehead atoms. The Morgan fingerprint density at radius 1 is 1.26 bits per heavy atom. The zero-order chi connectivity index (χ0) is 16.4. The SMILES string of the molecule is [B]NC(=O)c1ccccc1Sc1ccc2c(c1)NC(=O)/C2=C\C. The summed E-state index contributed by atoms with van der Waals surface area (Å²) in [4.78, 5) is 25.4. The van der Waals surface area contributed by atoms with E-state index < -0.39 is 0 Å². The van der Waals surface area contributed by atoms with Crippen LogP contribution in [0.5, 0.6) is 0 Å². The summed E-state index contributed by atoms with van der Waals surface area (Å²) in [5.74, 6) is -0.425. The van der Waals surface area contributed by atoms with Crippen LogP contribution < -0.4 is 10.5 Å². The van der Waals surface area contributed by atoms with Crippen LogP contribution in [0.1, 0.15) is 22.8 Å². The lowest BCUT2D eigenvalue weighted by molar-refractivity contribution is -0.110. The Morgan fingerprint density at radius 3 is 2.78 bits per heavy atom. The molecule has 23 heavy (non-hydrogen) atoms. The van der Waals surface area contributed by atoms with E-state index in [1.165, 1.54) is 11.8 Å².